The van der Waals surface area contributed by atoms with Crippen molar-refractivity contribution in [1.82, 2.24) is 0 Å². The molecule has 1 aliphatic heterocycles. The van der Waals surface area contributed by atoms with E-state index in [1.165, 1.54) is 12.1 Å². The summed E-state index contributed by atoms with van der Waals surface area (Å²) in [6.07, 6.45) is -5.04. The van der Waals surface area contributed by atoms with Crippen molar-refractivity contribution < 1.29 is 32.1 Å². The van der Waals surface area contributed by atoms with Crippen LogP contribution in [0.1, 0.15) is 5.56 Å². The van der Waals surface area contributed by atoms with Crippen LogP contribution in [0.4, 0.5) is 30.2 Å². The molecule has 0 atom stereocenters. The summed E-state index contributed by atoms with van der Waals surface area (Å²) in [7, 11) is 0. The van der Waals surface area contributed by atoms with Gasteiger partial charge in [0.2, 0.25) is 5.69 Å². The zero-order chi connectivity index (χ0) is 20.0. The third-order valence-electron chi connectivity index (χ3n) is 3.28. The van der Waals surface area contributed by atoms with Gasteiger partial charge in [0.1, 0.15) is 0 Å². The number of hydrogen-bond donors (Lipinski definition) is 0. The van der Waals surface area contributed by atoms with Crippen LogP contribution < -0.4 is 9.05 Å². The van der Waals surface area contributed by atoms with E-state index in [0.29, 0.717) is 0 Å². The van der Waals surface area contributed by atoms with Crippen molar-refractivity contribution in [3.63, 3.8) is 0 Å². The lowest BCUT2D eigenvalue weighted by atomic mass is 10.1. The zero-order valence-electron chi connectivity index (χ0n) is 12.7. The Balaban J connectivity index is 2.24. The van der Waals surface area contributed by atoms with E-state index in [2.05, 4.69) is 4.74 Å². The molecule has 1 aliphatic rings. The van der Waals surface area contributed by atoms with E-state index in [4.69, 9.17) is 20.3 Å². The molecule has 14 heteroatoms. The fraction of sp³-hybridized carbons (Fsp3) is 0.0769. The van der Waals surface area contributed by atoms with Crippen LogP contribution in [0.3, 0.4) is 0 Å². The molecule has 27 heavy (non-hydrogen) atoms. The van der Waals surface area contributed by atoms with Crippen molar-refractivity contribution in [1.29, 1.82) is 0 Å². The van der Waals surface area contributed by atoms with Crippen LogP contribution in [0.5, 0.6) is 11.5 Å². The molecule has 2 aromatic carbocycles. The highest BCUT2D eigenvalue weighted by molar-refractivity contribution is 7.84. The van der Waals surface area contributed by atoms with Crippen molar-refractivity contribution in [2.24, 2.45) is 4.74 Å². The standard InChI is InChI=1S/C13H6ClF3N3O6P/c14-27(25-10-3-1-2-4-11(10)26-27)18-12-8(19(21)22)5-7(13(15,16)17)6-9(12)20(23)24/h1-6H. The highest BCUT2D eigenvalue weighted by Crippen LogP contribution is 2.66. The Bertz CT molecular complexity index is 965. The van der Waals surface area contributed by atoms with Crippen molar-refractivity contribution in [2.75, 3.05) is 0 Å². The quantitative estimate of drug-likeness (QED) is 0.349. The van der Waals surface area contributed by atoms with Gasteiger partial charge in [-0.15, -0.1) is 0 Å². The summed E-state index contributed by atoms with van der Waals surface area (Å²) in [5.41, 5.74) is -5.05. The molecule has 0 aromatic heterocycles. The third-order valence-corrected chi connectivity index (χ3v) is 5.20. The summed E-state index contributed by atoms with van der Waals surface area (Å²) in [5.74, 6) is 0.281. The number of halogens is 4. The van der Waals surface area contributed by atoms with Gasteiger partial charge in [0.05, 0.1) is 15.4 Å². The first kappa shape index (κ1) is 18.9. The first-order valence-electron chi connectivity index (χ1n) is 6.84. The van der Waals surface area contributed by atoms with E-state index < -0.39 is 45.5 Å². The third kappa shape index (κ3) is 3.67. The van der Waals surface area contributed by atoms with Gasteiger partial charge in [0.15, 0.2) is 11.5 Å². The summed E-state index contributed by atoms with van der Waals surface area (Å²) in [6, 6.07) is 6.31. The van der Waals surface area contributed by atoms with E-state index in [1.54, 1.807) is 12.1 Å². The average molecular weight is 424 g/mol. The number of nitrogens with zero attached hydrogens (tertiary/aromatic N) is 3. The minimum absolute atomic E-state index is 0.137. The minimum atomic E-state index is -5.04. The summed E-state index contributed by atoms with van der Waals surface area (Å²) in [4.78, 5) is 20.0. The normalized spacial score (nSPS) is 14.7. The van der Waals surface area contributed by atoms with Crippen LogP contribution in [0.15, 0.2) is 41.1 Å². The first-order valence-corrected chi connectivity index (χ1v) is 9.33. The van der Waals surface area contributed by atoms with E-state index in [9.17, 15) is 33.4 Å². The molecule has 0 aliphatic carbocycles. The smallest absolute Gasteiger partial charge is 0.415 e. The molecular formula is C13H6ClF3N3O6P. The highest BCUT2D eigenvalue weighted by atomic mass is 35.7. The molecule has 2 aromatic rings. The maximum atomic E-state index is 12.9. The lowest BCUT2D eigenvalue weighted by Gasteiger charge is -2.10. The number of nitro benzene ring substituents is 2. The maximum absolute atomic E-state index is 12.9. The van der Waals surface area contributed by atoms with Crippen LogP contribution in [-0.4, -0.2) is 9.85 Å². The van der Waals surface area contributed by atoms with Gasteiger partial charge in [-0.25, -0.2) is 0 Å². The molecule has 0 unspecified atom stereocenters. The highest BCUT2D eigenvalue weighted by Gasteiger charge is 2.40. The molecule has 0 fully saturated rings. The van der Waals surface area contributed by atoms with Crippen molar-refractivity contribution in [3.8, 4) is 11.5 Å². The zero-order valence-corrected chi connectivity index (χ0v) is 14.4. The lowest BCUT2D eigenvalue weighted by Crippen LogP contribution is -2.07. The monoisotopic (exact) mass is 423 g/mol. The fourth-order valence-corrected chi connectivity index (χ4v) is 4.19. The molecule has 0 spiro atoms. The fourth-order valence-electron chi connectivity index (χ4n) is 2.17. The molecule has 0 N–H and O–H groups in total. The van der Waals surface area contributed by atoms with Crippen LogP contribution in [-0.2, 0) is 6.18 Å². The molecule has 0 bridgehead atoms. The van der Waals surface area contributed by atoms with Crippen LogP contribution in [0.25, 0.3) is 0 Å². The van der Waals surface area contributed by atoms with Crippen molar-refractivity contribution in [2.45, 2.75) is 6.18 Å². The molecule has 3 rings (SSSR count). The Kier molecular flexibility index (Phi) is 4.48. The predicted molar refractivity (Wildman–Crippen MR) is 87.3 cm³/mol. The van der Waals surface area contributed by atoms with Crippen LogP contribution in [0.2, 0.25) is 0 Å². The van der Waals surface area contributed by atoms with Gasteiger partial charge in [0.25, 0.3) is 0 Å². The lowest BCUT2D eigenvalue weighted by molar-refractivity contribution is -0.392. The Labute approximate surface area is 152 Å². The summed E-state index contributed by atoms with van der Waals surface area (Å²) >= 11 is 6.09. The van der Waals surface area contributed by atoms with Crippen molar-refractivity contribution >= 4 is 35.2 Å². The van der Waals surface area contributed by atoms with Crippen LogP contribution in [0, 0.1) is 20.2 Å². The van der Waals surface area contributed by atoms with E-state index in [1.807, 2.05) is 0 Å². The number of alkyl halides is 3. The number of nitro groups is 2. The first-order chi connectivity index (χ1) is 12.5. The topological polar surface area (TPSA) is 117 Å². The number of hydrogen-bond acceptors (Lipinski definition) is 7. The Morgan fingerprint density at radius 2 is 1.44 bits per heavy atom. The molecule has 9 nitrogen and oxygen atoms in total. The number of rotatable bonds is 3. The molecule has 0 radical (unpaired) electrons. The van der Waals surface area contributed by atoms with Crippen LogP contribution >= 0.6 is 18.1 Å². The van der Waals surface area contributed by atoms with Gasteiger partial charge in [-0.3, -0.25) is 20.2 Å². The van der Waals surface area contributed by atoms with Crippen molar-refractivity contribution in [3.05, 3.63) is 62.2 Å². The maximum Gasteiger partial charge on any atom is 0.419 e. The summed E-state index contributed by atoms with van der Waals surface area (Å²) < 4.78 is 53.0. The molecule has 0 saturated heterocycles. The molecule has 142 valence electrons. The second-order valence-electron chi connectivity index (χ2n) is 5.06. The van der Waals surface area contributed by atoms with Gasteiger partial charge >= 0.3 is 24.4 Å². The van der Waals surface area contributed by atoms with Gasteiger partial charge in [0, 0.05) is 23.4 Å². The summed E-state index contributed by atoms with van der Waals surface area (Å²) in [5, 5.41) is 22.4. The molecule has 0 saturated carbocycles. The van der Waals surface area contributed by atoms with Gasteiger partial charge in [-0.05, 0) is 12.1 Å². The molecular weight excluding hydrogens is 418 g/mol. The Hall–Kier alpha value is -2.85. The predicted octanol–water partition coefficient (Wildman–Crippen LogP) is 5.81. The van der Waals surface area contributed by atoms with E-state index in [-0.39, 0.29) is 23.6 Å². The summed E-state index contributed by atoms with van der Waals surface area (Å²) in [6.45, 7) is -3.81. The second kappa shape index (κ2) is 6.39. The number of benzene rings is 2. The van der Waals surface area contributed by atoms with Gasteiger partial charge in [-0.1, -0.05) is 12.1 Å². The minimum Gasteiger partial charge on any atom is -0.415 e. The average Bonchev–Trinajstić information content (AvgIpc) is 2.89. The van der Waals surface area contributed by atoms with Gasteiger partial charge < -0.3 is 9.05 Å². The Morgan fingerprint density at radius 3 is 1.81 bits per heavy atom. The largest absolute Gasteiger partial charge is 0.419 e. The SMILES string of the molecule is O=[N+]([O-])c1cc(C(F)(F)F)cc([N+](=O)[O-])c1N=P1(Cl)Oc2ccccc2O1. The Morgan fingerprint density at radius 1 is 1.00 bits per heavy atom. The van der Waals surface area contributed by atoms with Gasteiger partial charge in [-0.2, -0.15) is 17.9 Å². The number of para-hydroxylation sites is 2. The molecule has 0 amide bonds. The number of fused-ring (bicyclic) bond motifs is 1. The second-order valence-corrected chi connectivity index (χ2v) is 7.81. The van der Waals surface area contributed by atoms with E-state index in [0.717, 1.165) is 0 Å². The van der Waals surface area contributed by atoms with E-state index >= 15 is 0 Å². The molecule has 1 heterocycles.